The summed E-state index contributed by atoms with van der Waals surface area (Å²) in [7, 11) is -3.92. The van der Waals surface area contributed by atoms with Gasteiger partial charge in [0.2, 0.25) is 5.95 Å². The summed E-state index contributed by atoms with van der Waals surface area (Å²) in [6.07, 6.45) is 0. The van der Waals surface area contributed by atoms with Crippen molar-refractivity contribution >= 4 is 39.2 Å². The molecule has 0 radical (unpaired) electrons. The molecule has 0 spiro atoms. The van der Waals surface area contributed by atoms with Crippen LogP contribution in [-0.2, 0) is 10.0 Å². The fraction of sp³-hybridized carbons (Fsp3) is 0.130. The molecule has 4 aromatic rings. The summed E-state index contributed by atoms with van der Waals surface area (Å²) in [5.41, 5.74) is 2.78. The highest BCUT2D eigenvalue weighted by atomic mass is 35.5. The second kappa shape index (κ2) is 9.24. The Hall–Kier alpha value is -3.76. The van der Waals surface area contributed by atoms with Gasteiger partial charge in [-0.3, -0.25) is 4.79 Å². The minimum absolute atomic E-state index is 0.00817. The molecule has 2 aromatic heterocycles. The summed E-state index contributed by atoms with van der Waals surface area (Å²) in [6, 6.07) is 14.4. The second-order valence-corrected chi connectivity index (χ2v) is 9.59. The molecular weight excluding hydrogens is 478 g/mol. The standard InChI is InChI=1S/C23H20ClN5O4S/c1-13-12-14(2)26-23(25-13)29-34(31,32)17-10-8-16(9-11-17)27-22(30)20-15(3)33-28-21(20)18-6-4-5-7-19(18)24/h4-12H,1-3H3,(H,27,30)(H,25,26,29). The van der Waals surface area contributed by atoms with E-state index in [2.05, 4.69) is 25.2 Å². The molecule has 0 aliphatic heterocycles. The van der Waals surface area contributed by atoms with Gasteiger partial charge in [-0.2, -0.15) is 0 Å². The third-order valence-electron chi connectivity index (χ3n) is 4.85. The van der Waals surface area contributed by atoms with Crippen LogP contribution < -0.4 is 10.0 Å². The molecule has 0 bridgehead atoms. The van der Waals surface area contributed by atoms with Gasteiger partial charge in [-0.15, -0.1) is 0 Å². The zero-order valence-corrected chi connectivity index (χ0v) is 20.0. The Bertz CT molecular complexity index is 1460. The van der Waals surface area contributed by atoms with E-state index in [1.165, 1.54) is 24.3 Å². The summed E-state index contributed by atoms with van der Waals surface area (Å²) in [4.78, 5) is 21.2. The average Bonchev–Trinajstić information content (AvgIpc) is 3.14. The van der Waals surface area contributed by atoms with Crippen LogP contribution in [0.5, 0.6) is 0 Å². The van der Waals surface area contributed by atoms with Crippen molar-refractivity contribution in [2.75, 3.05) is 10.0 Å². The number of hydrogen-bond acceptors (Lipinski definition) is 7. The number of carbonyl (C=O) groups excluding carboxylic acids is 1. The van der Waals surface area contributed by atoms with Gasteiger partial charge in [0, 0.05) is 22.6 Å². The van der Waals surface area contributed by atoms with Crippen molar-refractivity contribution in [2.45, 2.75) is 25.7 Å². The van der Waals surface area contributed by atoms with Crippen LogP contribution in [0.25, 0.3) is 11.3 Å². The van der Waals surface area contributed by atoms with E-state index in [0.717, 1.165) is 0 Å². The van der Waals surface area contributed by atoms with Crippen molar-refractivity contribution in [3.63, 3.8) is 0 Å². The molecule has 9 nitrogen and oxygen atoms in total. The average molecular weight is 498 g/mol. The molecule has 11 heteroatoms. The molecule has 0 unspecified atom stereocenters. The van der Waals surface area contributed by atoms with Crippen molar-refractivity contribution in [1.82, 2.24) is 15.1 Å². The Morgan fingerprint density at radius 1 is 0.971 bits per heavy atom. The van der Waals surface area contributed by atoms with Crippen LogP contribution in [0.1, 0.15) is 27.5 Å². The highest BCUT2D eigenvalue weighted by molar-refractivity contribution is 7.92. The van der Waals surface area contributed by atoms with E-state index >= 15 is 0 Å². The van der Waals surface area contributed by atoms with Crippen LogP contribution in [0.3, 0.4) is 0 Å². The minimum Gasteiger partial charge on any atom is -0.360 e. The molecule has 4 rings (SSSR count). The largest absolute Gasteiger partial charge is 0.360 e. The molecule has 0 atom stereocenters. The number of anilines is 2. The number of benzene rings is 2. The molecule has 1 amide bonds. The highest BCUT2D eigenvalue weighted by Gasteiger charge is 2.23. The van der Waals surface area contributed by atoms with E-state index in [9.17, 15) is 13.2 Å². The fourth-order valence-corrected chi connectivity index (χ4v) is 4.51. The summed E-state index contributed by atoms with van der Waals surface area (Å²) >= 11 is 6.26. The lowest BCUT2D eigenvalue weighted by Crippen LogP contribution is -2.16. The molecule has 2 aromatic carbocycles. The van der Waals surface area contributed by atoms with Gasteiger partial charge in [-0.05, 0) is 57.2 Å². The topological polar surface area (TPSA) is 127 Å². The van der Waals surface area contributed by atoms with Crippen LogP contribution in [0.4, 0.5) is 11.6 Å². The van der Waals surface area contributed by atoms with Crippen LogP contribution in [0, 0.1) is 20.8 Å². The number of aromatic nitrogens is 3. The van der Waals surface area contributed by atoms with Crippen LogP contribution in [0.2, 0.25) is 5.02 Å². The monoisotopic (exact) mass is 497 g/mol. The number of nitrogens with zero attached hydrogens (tertiary/aromatic N) is 3. The second-order valence-electron chi connectivity index (χ2n) is 7.50. The van der Waals surface area contributed by atoms with E-state index in [4.69, 9.17) is 16.1 Å². The predicted molar refractivity (Wildman–Crippen MR) is 128 cm³/mol. The third kappa shape index (κ3) is 4.92. The Morgan fingerprint density at radius 3 is 2.26 bits per heavy atom. The number of hydrogen-bond donors (Lipinski definition) is 2. The molecule has 0 fully saturated rings. The molecule has 2 heterocycles. The van der Waals surface area contributed by atoms with E-state index in [0.29, 0.717) is 39.1 Å². The first-order chi connectivity index (χ1) is 16.1. The van der Waals surface area contributed by atoms with E-state index in [1.807, 2.05) is 0 Å². The van der Waals surface area contributed by atoms with Gasteiger partial charge < -0.3 is 9.84 Å². The third-order valence-corrected chi connectivity index (χ3v) is 6.52. The molecule has 174 valence electrons. The maximum atomic E-state index is 13.0. The van der Waals surface area contributed by atoms with Gasteiger partial charge in [0.15, 0.2) is 0 Å². The first-order valence-electron chi connectivity index (χ1n) is 10.1. The number of sulfonamides is 1. The van der Waals surface area contributed by atoms with Crippen molar-refractivity contribution in [3.05, 3.63) is 82.3 Å². The van der Waals surface area contributed by atoms with E-state index < -0.39 is 15.9 Å². The summed E-state index contributed by atoms with van der Waals surface area (Å²) < 4.78 is 33.0. The molecule has 34 heavy (non-hydrogen) atoms. The summed E-state index contributed by atoms with van der Waals surface area (Å²) in [5, 5.41) is 7.15. The van der Waals surface area contributed by atoms with Gasteiger partial charge in [0.25, 0.3) is 15.9 Å². The molecule has 0 saturated heterocycles. The van der Waals surface area contributed by atoms with Gasteiger partial charge in [0.05, 0.1) is 9.92 Å². The predicted octanol–water partition coefficient (Wildman–Crippen LogP) is 4.76. The van der Waals surface area contributed by atoms with Crippen molar-refractivity contribution in [1.29, 1.82) is 0 Å². The Labute approximate surface area is 201 Å². The van der Waals surface area contributed by atoms with Crippen molar-refractivity contribution in [3.8, 4) is 11.3 Å². The maximum absolute atomic E-state index is 13.0. The zero-order valence-electron chi connectivity index (χ0n) is 18.5. The lowest BCUT2D eigenvalue weighted by atomic mass is 10.1. The van der Waals surface area contributed by atoms with Gasteiger partial charge in [-0.25, -0.2) is 23.1 Å². The van der Waals surface area contributed by atoms with Crippen molar-refractivity contribution in [2.24, 2.45) is 0 Å². The first kappa shape index (κ1) is 23.4. The van der Waals surface area contributed by atoms with Crippen LogP contribution >= 0.6 is 11.6 Å². The molecule has 0 saturated carbocycles. The summed E-state index contributed by atoms with van der Waals surface area (Å²) in [6.45, 7) is 5.12. The minimum atomic E-state index is -3.92. The molecular formula is C23H20ClN5O4S. The number of carbonyl (C=O) groups is 1. The number of rotatable bonds is 6. The first-order valence-corrected chi connectivity index (χ1v) is 12.0. The number of amides is 1. The number of aryl methyl sites for hydroxylation is 3. The van der Waals surface area contributed by atoms with Gasteiger partial charge in [-0.1, -0.05) is 35.0 Å². The number of halogens is 1. The Balaban J connectivity index is 1.54. The lowest BCUT2D eigenvalue weighted by Gasteiger charge is -2.10. The van der Waals surface area contributed by atoms with Crippen molar-refractivity contribution < 1.29 is 17.7 Å². The maximum Gasteiger partial charge on any atom is 0.264 e. The van der Waals surface area contributed by atoms with E-state index in [-0.39, 0.29) is 16.4 Å². The van der Waals surface area contributed by atoms with Gasteiger partial charge >= 0.3 is 0 Å². The van der Waals surface area contributed by atoms with Crippen LogP contribution in [-0.4, -0.2) is 29.4 Å². The smallest absolute Gasteiger partial charge is 0.264 e. The molecule has 2 N–H and O–H groups in total. The number of nitrogens with one attached hydrogen (secondary N) is 2. The normalized spacial score (nSPS) is 11.3. The Kier molecular flexibility index (Phi) is 6.36. The SMILES string of the molecule is Cc1cc(C)nc(NS(=O)(=O)c2ccc(NC(=O)c3c(-c4ccccc4Cl)noc3C)cc2)n1. The summed E-state index contributed by atoms with van der Waals surface area (Å²) in [5.74, 6) is -0.153. The molecule has 0 aliphatic rings. The lowest BCUT2D eigenvalue weighted by molar-refractivity contribution is 0.102. The van der Waals surface area contributed by atoms with Crippen LogP contribution in [0.15, 0.2) is 64.0 Å². The fourth-order valence-electron chi connectivity index (χ4n) is 3.34. The Morgan fingerprint density at radius 2 is 1.62 bits per heavy atom. The van der Waals surface area contributed by atoms with Gasteiger partial charge in [0.1, 0.15) is 17.0 Å². The zero-order chi connectivity index (χ0) is 24.5. The quantitative estimate of drug-likeness (QED) is 0.393. The van der Waals surface area contributed by atoms with E-state index in [1.54, 1.807) is 51.1 Å². The molecule has 0 aliphatic carbocycles. The highest BCUT2D eigenvalue weighted by Crippen LogP contribution is 2.31.